The highest BCUT2D eigenvalue weighted by Crippen LogP contribution is 2.18. The summed E-state index contributed by atoms with van der Waals surface area (Å²) in [5.41, 5.74) is 0. The predicted molar refractivity (Wildman–Crippen MR) is 348 cm³/mol. The normalized spacial score (nSPS) is 12.4. The van der Waals surface area contributed by atoms with Crippen molar-refractivity contribution in [2.24, 2.45) is 0 Å². The Bertz CT molecular complexity index is 1430. The molecule has 0 aliphatic rings. The molecule has 0 saturated carbocycles. The Kier molecular flexibility index (Phi) is 66.1. The maximum Gasteiger partial charge on any atom is 0.306 e. The number of unbranched alkanes of at least 4 members (excludes halogenated alkanes) is 44. The number of carbonyl (C=O) groups is 3. The molecule has 80 heavy (non-hydrogen) atoms. The first-order chi connectivity index (χ1) is 39.5. The predicted octanol–water partition coefficient (Wildman–Crippen LogP) is 24.3. The molecule has 0 aromatic carbocycles. The number of hydrogen-bond donors (Lipinski definition) is 0. The maximum atomic E-state index is 12.9. The fourth-order valence-corrected chi connectivity index (χ4v) is 10.5. The van der Waals surface area contributed by atoms with Crippen molar-refractivity contribution in [3.05, 3.63) is 60.8 Å². The van der Waals surface area contributed by atoms with E-state index >= 15 is 0 Å². The summed E-state index contributed by atoms with van der Waals surface area (Å²) in [6.45, 7) is 6.55. The van der Waals surface area contributed by atoms with Crippen molar-refractivity contribution < 1.29 is 28.6 Å². The van der Waals surface area contributed by atoms with Crippen LogP contribution in [0.25, 0.3) is 0 Å². The lowest BCUT2D eigenvalue weighted by atomic mass is 10.0. The first-order valence-corrected chi connectivity index (χ1v) is 35.3. The standard InChI is InChI=1S/C74H134O6/c1-4-7-10-13-16-19-22-25-27-29-31-32-33-34-35-36-37-38-39-40-41-43-44-46-49-52-55-58-61-64-67-73(76)79-70-71(69-78-72(75)66-63-60-57-54-51-48-24-21-18-15-12-9-6-3)80-74(77)68-65-62-59-56-53-50-47-45-42-30-28-26-23-20-17-14-11-8-5-2/h8,11,17,20-21,24,26,28,42,45,71H,4-7,9-10,12-16,18-19,22-23,25,27,29-41,43-44,46-70H2,1-3H3/b11-8-,20-17-,24-21-,28-26-,45-42-. The van der Waals surface area contributed by atoms with Crippen molar-refractivity contribution in [3.8, 4) is 0 Å². The van der Waals surface area contributed by atoms with Crippen LogP contribution in [0.1, 0.15) is 374 Å². The van der Waals surface area contributed by atoms with Gasteiger partial charge in [-0.3, -0.25) is 14.4 Å². The molecule has 0 fully saturated rings. The molecule has 1 atom stereocenters. The van der Waals surface area contributed by atoms with E-state index in [0.29, 0.717) is 19.3 Å². The number of hydrogen-bond acceptors (Lipinski definition) is 6. The first kappa shape index (κ1) is 77.1. The van der Waals surface area contributed by atoms with Crippen molar-refractivity contribution in [2.75, 3.05) is 13.2 Å². The van der Waals surface area contributed by atoms with Gasteiger partial charge in [0.15, 0.2) is 6.10 Å². The summed E-state index contributed by atoms with van der Waals surface area (Å²) < 4.78 is 17.0. The largest absolute Gasteiger partial charge is 0.462 e. The minimum absolute atomic E-state index is 0.0795. The number of esters is 3. The number of allylic oxidation sites excluding steroid dienone is 10. The van der Waals surface area contributed by atoms with E-state index in [9.17, 15) is 14.4 Å². The van der Waals surface area contributed by atoms with Crippen molar-refractivity contribution in [2.45, 2.75) is 380 Å². The van der Waals surface area contributed by atoms with Gasteiger partial charge in [-0.15, -0.1) is 0 Å². The van der Waals surface area contributed by atoms with Crippen molar-refractivity contribution in [1.29, 1.82) is 0 Å². The Hall–Kier alpha value is -2.89. The summed E-state index contributed by atoms with van der Waals surface area (Å²) in [5.74, 6) is -0.882. The Balaban J connectivity index is 4.19. The SMILES string of the molecule is CC/C=C\C/C=C\C/C=C\C/C=C\CCCCCCCCC(=O)OC(COC(=O)CCCCCCC/C=C\CCCCCC)COC(=O)CCCCCCCCCCCCCCCCCCCCCCCCCCCCCCCC. The molecular formula is C74H134O6. The molecule has 0 spiro atoms. The number of rotatable bonds is 65. The van der Waals surface area contributed by atoms with Crippen molar-refractivity contribution in [3.63, 3.8) is 0 Å². The van der Waals surface area contributed by atoms with Crippen LogP contribution in [0.5, 0.6) is 0 Å². The fourth-order valence-electron chi connectivity index (χ4n) is 10.5. The maximum absolute atomic E-state index is 12.9. The van der Waals surface area contributed by atoms with E-state index in [1.54, 1.807) is 0 Å². The van der Waals surface area contributed by atoms with Crippen LogP contribution in [0.3, 0.4) is 0 Å². The van der Waals surface area contributed by atoms with Gasteiger partial charge in [0.2, 0.25) is 0 Å². The third-order valence-electron chi connectivity index (χ3n) is 15.8. The molecule has 0 N–H and O–H groups in total. The Morgan fingerprint density at radius 2 is 0.487 bits per heavy atom. The van der Waals surface area contributed by atoms with Gasteiger partial charge in [0.25, 0.3) is 0 Å². The molecule has 6 heteroatoms. The van der Waals surface area contributed by atoms with Gasteiger partial charge in [-0.25, -0.2) is 0 Å². The van der Waals surface area contributed by atoms with E-state index in [0.717, 1.165) is 103 Å². The quantitative estimate of drug-likeness (QED) is 0.0261. The van der Waals surface area contributed by atoms with Gasteiger partial charge in [-0.2, -0.15) is 0 Å². The molecule has 6 nitrogen and oxygen atoms in total. The van der Waals surface area contributed by atoms with Crippen molar-refractivity contribution in [1.82, 2.24) is 0 Å². The molecule has 0 aliphatic carbocycles. The molecule has 466 valence electrons. The first-order valence-electron chi connectivity index (χ1n) is 35.3. The lowest BCUT2D eigenvalue weighted by Gasteiger charge is -2.18. The average molecular weight is 1120 g/mol. The van der Waals surface area contributed by atoms with Crippen LogP contribution in [0.2, 0.25) is 0 Å². The molecule has 0 saturated heterocycles. The molecule has 0 aliphatic heterocycles. The van der Waals surface area contributed by atoms with E-state index in [1.165, 1.54) is 231 Å². The van der Waals surface area contributed by atoms with E-state index in [1.807, 2.05) is 0 Å². The highest BCUT2D eigenvalue weighted by atomic mass is 16.6. The van der Waals surface area contributed by atoms with Gasteiger partial charge in [0.05, 0.1) is 0 Å². The van der Waals surface area contributed by atoms with Crippen molar-refractivity contribution >= 4 is 17.9 Å². The molecule has 0 heterocycles. The zero-order valence-electron chi connectivity index (χ0n) is 53.6. The van der Waals surface area contributed by atoms with Crippen LogP contribution in [-0.4, -0.2) is 37.2 Å². The second kappa shape index (κ2) is 68.6. The Labute approximate surface area is 498 Å². The summed E-state index contributed by atoms with van der Waals surface area (Å²) in [5, 5.41) is 0. The molecule has 0 bridgehead atoms. The molecule has 0 aromatic rings. The summed E-state index contributed by atoms with van der Waals surface area (Å²) >= 11 is 0. The zero-order chi connectivity index (χ0) is 57.8. The Morgan fingerprint density at radius 1 is 0.263 bits per heavy atom. The average Bonchev–Trinajstić information content (AvgIpc) is 3.46. The van der Waals surface area contributed by atoms with Crippen LogP contribution in [0.15, 0.2) is 60.8 Å². The van der Waals surface area contributed by atoms with Crippen LogP contribution in [-0.2, 0) is 28.6 Å². The molecule has 0 amide bonds. The van der Waals surface area contributed by atoms with E-state index < -0.39 is 6.10 Å². The second-order valence-electron chi connectivity index (χ2n) is 23.8. The van der Waals surface area contributed by atoms with Crippen LogP contribution >= 0.6 is 0 Å². The van der Waals surface area contributed by atoms with Crippen LogP contribution < -0.4 is 0 Å². The van der Waals surface area contributed by atoms with Gasteiger partial charge in [-0.1, -0.05) is 332 Å². The third-order valence-corrected chi connectivity index (χ3v) is 15.8. The smallest absolute Gasteiger partial charge is 0.306 e. The number of ether oxygens (including phenoxy) is 3. The molecule has 0 aromatic heterocycles. The molecular weight excluding hydrogens is 985 g/mol. The van der Waals surface area contributed by atoms with E-state index in [-0.39, 0.29) is 31.1 Å². The van der Waals surface area contributed by atoms with Gasteiger partial charge in [0.1, 0.15) is 13.2 Å². The third kappa shape index (κ3) is 65.9. The van der Waals surface area contributed by atoms with Gasteiger partial charge in [-0.05, 0) is 83.5 Å². The summed E-state index contributed by atoms with van der Waals surface area (Å²) in [6.07, 6.45) is 88.3. The highest BCUT2D eigenvalue weighted by molar-refractivity contribution is 5.71. The monoisotopic (exact) mass is 1120 g/mol. The lowest BCUT2D eigenvalue weighted by molar-refractivity contribution is -0.167. The zero-order valence-corrected chi connectivity index (χ0v) is 53.6. The molecule has 1 unspecified atom stereocenters. The minimum atomic E-state index is -0.785. The highest BCUT2D eigenvalue weighted by Gasteiger charge is 2.19. The van der Waals surface area contributed by atoms with Gasteiger partial charge >= 0.3 is 17.9 Å². The second-order valence-corrected chi connectivity index (χ2v) is 23.8. The fraction of sp³-hybridized carbons (Fsp3) is 0.824. The molecule has 0 rings (SSSR count). The van der Waals surface area contributed by atoms with E-state index in [2.05, 4.69) is 81.5 Å². The topological polar surface area (TPSA) is 78.9 Å². The Morgan fingerprint density at radius 3 is 0.787 bits per heavy atom. The number of carbonyl (C=O) groups excluding carboxylic acids is 3. The van der Waals surface area contributed by atoms with Crippen LogP contribution in [0.4, 0.5) is 0 Å². The van der Waals surface area contributed by atoms with Crippen LogP contribution in [0, 0.1) is 0 Å². The minimum Gasteiger partial charge on any atom is -0.462 e. The van der Waals surface area contributed by atoms with E-state index in [4.69, 9.17) is 14.2 Å². The molecule has 0 radical (unpaired) electrons. The van der Waals surface area contributed by atoms with Gasteiger partial charge in [0, 0.05) is 19.3 Å². The summed E-state index contributed by atoms with van der Waals surface area (Å²) in [6, 6.07) is 0. The van der Waals surface area contributed by atoms with Gasteiger partial charge < -0.3 is 14.2 Å². The summed E-state index contributed by atoms with van der Waals surface area (Å²) in [4.78, 5) is 38.4. The summed E-state index contributed by atoms with van der Waals surface area (Å²) in [7, 11) is 0. The lowest BCUT2D eigenvalue weighted by Crippen LogP contribution is -2.30.